The first kappa shape index (κ1) is 13.3. The van der Waals surface area contributed by atoms with Gasteiger partial charge in [0, 0.05) is 25.7 Å². The van der Waals surface area contributed by atoms with E-state index in [1.807, 2.05) is 6.92 Å². The largest absolute Gasteiger partial charge is 0.381 e. The van der Waals surface area contributed by atoms with Gasteiger partial charge in [-0.1, -0.05) is 0 Å². The lowest BCUT2D eigenvalue weighted by Crippen LogP contribution is -2.41. The second kappa shape index (κ2) is 5.65. The Bertz CT molecular complexity index is 331. The Hall–Kier alpha value is -0.170. The zero-order valence-electron chi connectivity index (χ0n) is 10.4. The van der Waals surface area contributed by atoms with Crippen LogP contribution in [-0.2, 0) is 14.8 Å². The number of sulfonamides is 1. The average molecular weight is 262 g/mol. The number of hydrogen-bond acceptors (Lipinski definition) is 4. The molecular formula is C11H22N2O3S. The van der Waals surface area contributed by atoms with Gasteiger partial charge in [0.1, 0.15) is 0 Å². The highest BCUT2D eigenvalue weighted by Crippen LogP contribution is 2.26. The molecule has 100 valence electrons. The van der Waals surface area contributed by atoms with E-state index in [0.29, 0.717) is 38.3 Å². The van der Waals surface area contributed by atoms with Gasteiger partial charge >= 0.3 is 0 Å². The molecule has 2 saturated heterocycles. The average Bonchev–Trinajstić information content (AvgIpc) is 2.73. The number of hydrogen-bond donors (Lipinski definition) is 1. The third-order valence-corrected chi connectivity index (χ3v) is 5.42. The second-order valence-electron chi connectivity index (χ2n) is 4.79. The molecule has 17 heavy (non-hydrogen) atoms. The standard InChI is InChI=1S/C11H22N2O3S/c1-2-16-6-7-17(14,15)13-8-10-4-3-5-12-11(10)9-13/h10-12H,2-9H2,1H3. The second-order valence-corrected chi connectivity index (χ2v) is 6.88. The Labute approximate surface area is 104 Å². The van der Waals surface area contributed by atoms with Gasteiger partial charge < -0.3 is 10.1 Å². The summed E-state index contributed by atoms with van der Waals surface area (Å²) in [4.78, 5) is 0. The number of nitrogens with zero attached hydrogens (tertiary/aromatic N) is 1. The van der Waals surface area contributed by atoms with Crippen LogP contribution in [0.1, 0.15) is 19.8 Å². The topological polar surface area (TPSA) is 58.6 Å². The first-order chi connectivity index (χ1) is 8.13. The van der Waals surface area contributed by atoms with Crippen LogP contribution in [-0.4, -0.2) is 57.4 Å². The van der Waals surface area contributed by atoms with Gasteiger partial charge in [-0.15, -0.1) is 0 Å². The van der Waals surface area contributed by atoms with E-state index in [0.717, 1.165) is 19.4 Å². The summed E-state index contributed by atoms with van der Waals surface area (Å²) in [6, 6.07) is 0.366. The van der Waals surface area contributed by atoms with E-state index in [4.69, 9.17) is 4.74 Å². The number of nitrogens with one attached hydrogen (secondary N) is 1. The molecule has 0 amide bonds. The van der Waals surface area contributed by atoms with Crippen molar-refractivity contribution in [2.75, 3.05) is 38.6 Å². The number of fused-ring (bicyclic) bond motifs is 1. The molecule has 2 aliphatic rings. The van der Waals surface area contributed by atoms with Gasteiger partial charge in [-0.25, -0.2) is 8.42 Å². The van der Waals surface area contributed by atoms with Gasteiger partial charge in [0.15, 0.2) is 0 Å². The molecular weight excluding hydrogens is 240 g/mol. The maximum absolute atomic E-state index is 12.1. The van der Waals surface area contributed by atoms with Crippen molar-refractivity contribution < 1.29 is 13.2 Å². The molecule has 0 aliphatic carbocycles. The molecule has 2 atom stereocenters. The van der Waals surface area contributed by atoms with Crippen molar-refractivity contribution in [2.45, 2.75) is 25.8 Å². The number of rotatable bonds is 5. The normalized spacial score (nSPS) is 30.4. The summed E-state index contributed by atoms with van der Waals surface area (Å²) < 4.78 is 30.9. The first-order valence-electron chi connectivity index (χ1n) is 6.42. The Morgan fingerprint density at radius 1 is 1.41 bits per heavy atom. The minimum Gasteiger partial charge on any atom is -0.381 e. The Kier molecular flexibility index (Phi) is 4.41. The fourth-order valence-corrected chi connectivity index (χ4v) is 4.06. The quantitative estimate of drug-likeness (QED) is 0.711. The summed E-state index contributed by atoms with van der Waals surface area (Å²) in [6.07, 6.45) is 2.31. The van der Waals surface area contributed by atoms with Crippen LogP contribution in [0.15, 0.2) is 0 Å². The maximum Gasteiger partial charge on any atom is 0.216 e. The molecule has 2 fully saturated rings. The van der Waals surface area contributed by atoms with Gasteiger partial charge in [0.2, 0.25) is 10.0 Å². The van der Waals surface area contributed by atoms with E-state index in [1.54, 1.807) is 4.31 Å². The van der Waals surface area contributed by atoms with E-state index < -0.39 is 10.0 Å². The summed E-state index contributed by atoms with van der Waals surface area (Å²) in [7, 11) is -3.12. The van der Waals surface area contributed by atoms with Crippen LogP contribution < -0.4 is 5.32 Å². The summed E-state index contributed by atoms with van der Waals surface area (Å²) in [6.45, 7) is 5.10. The lowest BCUT2D eigenvalue weighted by Gasteiger charge is -2.24. The highest BCUT2D eigenvalue weighted by Gasteiger charge is 2.39. The van der Waals surface area contributed by atoms with Crippen LogP contribution >= 0.6 is 0 Å². The highest BCUT2D eigenvalue weighted by molar-refractivity contribution is 7.89. The van der Waals surface area contributed by atoms with E-state index in [2.05, 4.69) is 5.32 Å². The summed E-state index contributed by atoms with van der Waals surface area (Å²) >= 11 is 0. The first-order valence-corrected chi connectivity index (χ1v) is 8.03. The number of ether oxygens (including phenoxy) is 1. The molecule has 1 N–H and O–H groups in total. The Morgan fingerprint density at radius 3 is 2.94 bits per heavy atom. The molecule has 0 aromatic rings. The SMILES string of the molecule is CCOCCS(=O)(=O)N1CC2CCCNC2C1. The third kappa shape index (κ3) is 3.19. The molecule has 2 rings (SSSR count). The smallest absolute Gasteiger partial charge is 0.216 e. The zero-order chi connectivity index (χ0) is 12.3. The minimum atomic E-state index is -3.12. The third-order valence-electron chi connectivity index (χ3n) is 3.65. The van der Waals surface area contributed by atoms with Crippen molar-refractivity contribution in [3.05, 3.63) is 0 Å². The Balaban J connectivity index is 1.89. The summed E-state index contributed by atoms with van der Waals surface area (Å²) in [5.41, 5.74) is 0. The van der Waals surface area contributed by atoms with Crippen molar-refractivity contribution in [1.82, 2.24) is 9.62 Å². The number of piperidine rings is 1. The van der Waals surface area contributed by atoms with Crippen LogP contribution in [0.3, 0.4) is 0 Å². The summed E-state index contributed by atoms with van der Waals surface area (Å²) in [5, 5.41) is 3.41. The molecule has 2 heterocycles. The predicted molar refractivity (Wildman–Crippen MR) is 66.4 cm³/mol. The van der Waals surface area contributed by atoms with Gasteiger partial charge in [-0.05, 0) is 32.2 Å². The molecule has 2 aliphatic heterocycles. The highest BCUT2D eigenvalue weighted by atomic mass is 32.2. The van der Waals surface area contributed by atoms with Crippen LogP contribution in [0, 0.1) is 5.92 Å². The van der Waals surface area contributed by atoms with Gasteiger partial charge in [-0.3, -0.25) is 0 Å². The fourth-order valence-electron chi connectivity index (χ4n) is 2.67. The van der Waals surface area contributed by atoms with Crippen molar-refractivity contribution in [2.24, 2.45) is 5.92 Å². The van der Waals surface area contributed by atoms with E-state index in [-0.39, 0.29) is 5.75 Å². The van der Waals surface area contributed by atoms with Crippen LogP contribution in [0.25, 0.3) is 0 Å². The van der Waals surface area contributed by atoms with Gasteiger partial charge in [0.05, 0.1) is 12.4 Å². The van der Waals surface area contributed by atoms with E-state index in [9.17, 15) is 8.42 Å². The van der Waals surface area contributed by atoms with Crippen molar-refractivity contribution in [3.8, 4) is 0 Å². The molecule has 0 spiro atoms. The van der Waals surface area contributed by atoms with Crippen molar-refractivity contribution >= 4 is 10.0 Å². The zero-order valence-corrected chi connectivity index (χ0v) is 11.2. The lowest BCUT2D eigenvalue weighted by molar-refractivity contribution is 0.162. The van der Waals surface area contributed by atoms with Crippen molar-refractivity contribution in [1.29, 1.82) is 0 Å². The molecule has 0 bridgehead atoms. The molecule has 0 aromatic carbocycles. The van der Waals surface area contributed by atoms with Gasteiger partial charge in [-0.2, -0.15) is 4.31 Å². The minimum absolute atomic E-state index is 0.111. The molecule has 0 saturated carbocycles. The molecule has 5 nitrogen and oxygen atoms in total. The van der Waals surface area contributed by atoms with Crippen LogP contribution in [0.2, 0.25) is 0 Å². The maximum atomic E-state index is 12.1. The molecule has 6 heteroatoms. The van der Waals surface area contributed by atoms with E-state index >= 15 is 0 Å². The fraction of sp³-hybridized carbons (Fsp3) is 1.00. The van der Waals surface area contributed by atoms with Crippen LogP contribution in [0.5, 0.6) is 0 Å². The predicted octanol–water partition coefficient (Wildman–Crippen LogP) is 0.0365. The van der Waals surface area contributed by atoms with Crippen LogP contribution in [0.4, 0.5) is 0 Å². The lowest BCUT2D eigenvalue weighted by atomic mass is 9.94. The van der Waals surface area contributed by atoms with E-state index in [1.165, 1.54) is 0 Å². The molecule has 0 radical (unpaired) electrons. The molecule has 0 aromatic heterocycles. The summed E-state index contributed by atoms with van der Waals surface area (Å²) in [5.74, 6) is 0.617. The van der Waals surface area contributed by atoms with Gasteiger partial charge in [0.25, 0.3) is 0 Å². The van der Waals surface area contributed by atoms with Crippen molar-refractivity contribution in [3.63, 3.8) is 0 Å². The Morgan fingerprint density at radius 2 is 2.24 bits per heavy atom. The monoisotopic (exact) mass is 262 g/mol. The molecule has 2 unspecified atom stereocenters.